The Labute approximate surface area is 193 Å². The molecule has 4 rings (SSSR count). The van der Waals surface area contributed by atoms with Crippen LogP contribution in [0.1, 0.15) is 42.0 Å². The summed E-state index contributed by atoms with van der Waals surface area (Å²) in [6.07, 6.45) is 3.78. The molecular formula is C23H31N7OS. The second-order valence-electron chi connectivity index (χ2n) is 8.31. The van der Waals surface area contributed by atoms with Crippen LogP contribution in [0.2, 0.25) is 0 Å². The molecule has 0 aliphatic carbocycles. The van der Waals surface area contributed by atoms with Crippen LogP contribution in [0.15, 0.2) is 35.5 Å². The number of benzene rings is 1. The van der Waals surface area contributed by atoms with Gasteiger partial charge >= 0.3 is 0 Å². The quantitative estimate of drug-likeness (QED) is 0.527. The maximum Gasteiger partial charge on any atom is 0.234 e. The molecule has 8 nitrogen and oxygen atoms in total. The molecule has 0 spiro atoms. The first-order valence-corrected chi connectivity index (χ1v) is 12.1. The van der Waals surface area contributed by atoms with E-state index in [0.29, 0.717) is 6.54 Å². The molecule has 0 radical (unpaired) electrons. The molecule has 9 heteroatoms. The number of rotatable bonds is 8. The summed E-state index contributed by atoms with van der Waals surface area (Å²) >= 11 is 1.43. The molecule has 170 valence electrons. The van der Waals surface area contributed by atoms with Crippen molar-refractivity contribution in [3.63, 3.8) is 0 Å². The molecule has 1 saturated heterocycles. The van der Waals surface area contributed by atoms with Crippen molar-refractivity contribution in [2.24, 2.45) is 7.05 Å². The molecule has 2 aromatic heterocycles. The predicted octanol–water partition coefficient (Wildman–Crippen LogP) is 3.39. The summed E-state index contributed by atoms with van der Waals surface area (Å²) in [4.78, 5) is 15.1. The van der Waals surface area contributed by atoms with E-state index in [0.717, 1.165) is 47.7 Å². The van der Waals surface area contributed by atoms with Crippen LogP contribution in [0, 0.1) is 13.8 Å². The number of nitrogens with zero attached hydrogens (tertiary/aromatic N) is 6. The van der Waals surface area contributed by atoms with Crippen LogP contribution in [0.5, 0.6) is 0 Å². The minimum absolute atomic E-state index is 0.0685. The third-order valence-electron chi connectivity index (χ3n) is 5.90. The number of aromatic nitrogens is 5. The van der Waals surface area contributed by atoms with Crippen LogP contribution in [-0.4, -0.2) is 54.2 Å². The zero-order chi connectivity index (χ0) is 22.5. The van der Waals surface area contributed by atoms with Gasteiger partial charge in [-0.3, -0.25) is 14.4 Å². The van der Waals surface area contributed by atoms with Crippen molar-refractivity contribution in [2.45, 2.75) is 51.4 Å². The van der Waals surface area contributed by atoms with Crippen molar-refractivity contribution >= 4 is 23.4 Å². The Morgan fingerprint density at radius 3 is 2.50 bits per heavy atom. The van der Waals surface area contributed by atoms with Crippen molar-refractivity contribution < 1.29 is 4.79 Å². The van der Waals surface area contributed by atoms with E-state index < -0.39 is 0 Å². The molecule has 3 heterocycles. The monoisotopic (exact) mass is 453 g/mol. The Balaban J connectivity index is 1.47. The van der Waals surface area contributed by atoms with Gasteiger partial charge in [0.1, 0.15) is 5.82 Å². The number of aryl methyl sites for hydroxylation is 2. The molecule has 0 atom stereocenters. The molecule has 0 bridgehead atoms. The average molecular weight is 454 g/mol. The number of piperidine rings is 1. The highest BCUT2D eigenvalue weighted by atomic mass is 32.2. The van der Waals surface area contributed by atoms with Gasteiger partial charge in [-0.05, 0) is 45.3 Å². The van der Waals surface area contributed by atoms with Crippen LogP contribution in [0.4, 0.5) is 5.69 Å². The molecule has 0 saturated carbocycles. The molecule has 1 amide bonds. The number of nitrogens with one attached hydrogen (secondary N) is 1. The fraction of sp³-hybridized carbons (Fsp3) is 0.478. The first kappa shape index (κ1) is 22.5. The normalized spacial score (nSPS) is 14.6. The molecule has 1 fully saturated rings. The summed E-state index contributed by atoms with van der Waals surface area (Å²) in [6.45, 7) is 7.55. The van der Waals surface area contributed by atoms with Gasteiger partial charge in [0, 0.05) is 7.05 Å². The Morgan fingerprint density at radius 1 is 1.06 bits per heavy atom. The number of likely N-dealkylation sites (tertiary alicyclic amines) is 1. The van der Waals surface area contributed by atoms with E-state index in [4.69, 9.17) is 0 Å². The van der Waals surface area contributed by atoms with Crippen LogP contribution in [-0.2, 0) is 24.9 Å². The Morgan fingerprint density at radius 2 is 1.81 bits per heavy atom. The van der Waals surface area contributed by atoms with E-state index in [9.17, 15) is 4.79 Å². The van der Waals surface area contributed by atoms with Crippen molar-refractivity contribution in [3.8, 4) is 0 Å². The lowest BCUT2D eigenvalue weighted by molar-refractivity contribution is -0.113. The lowest BCUT2D eigenvalue weighted by atomic mass is 10.1. The van der Waals surface area contributed by atoms with Crippen molar-refractivity contribution in [1.82, 2.24) is 29.4 Å². The fourth-order valence-corrected chi connectivity index (χ4v) is 4.80. The van der Waals surface area contributed by atoms with Crippen LogP contribution in [0.3, 0.4) is 0 Å². The van der Waals surface area contributed by atoms with Gasteiger partial charge in [-0.15, -0.1) is 10.2 Å². The molecule has 1 N–H and O–H groups in total. The number of hydrogen-bond donors (Lipinski definition) is 1. The first-order valence-electron chi connectivity index (χ1n) is 11.1. The Hall–Kier alpha value is -2.65. The molecule has 1 aliphatic heterocycles. The highest BCUT2D eigenvalue weighted by Crippen LogP contribution is 2.23. The summed E-state index contributed by atoms with van der Waals surface area (Å²) < 4.78 is 3.93. The van der Waals surface area contributed by atoms with Gasteiger partial charge in [0.05, 0.1) is 35.9 Å². The summed E-state index contributed by atoms with van der Waals surface area (Å²) in [6, 6.07) is 10.3. The minimum atomic E-state index is -0.0685. The summed E-state index contributed by atoms with van der Waals surface area (Å²) in [5.41, 5.74) is 3.74. The molecular weight excluding hydrogens is 422 g/mol. The summed E-state index contributed by atoms with van der Waals surface area (Å²) in [5.74, 6) is 1.16. The van der Waals surface area contributed by atoms with Crippen molar-refractivity contribution in [2.75, 3.05) is 24.2 Å². The average Bonchev–Trinajstić information content (AvgIpc) is 3.28. The van der Waals surface area contributed by atoms with E-state index >= 15 is 0 Å². The second-order valence-corrected chi connectivity index (χ2v) is 9.26. The molecule has 32 heavy (non-hydrogen) atoms. The predicted molar refractivity (Wildman–Crippen MR) is 127 cm³/mol. The molecule has 1 aliphatic rings. The largest absolute Gasteiger partial charge is 0.322 e. The van der Waals surface area contributed by atoms with Crippen LogP contribution >= 0.6 is 11.8 Å². The lowest BCUT2D eigenvalue weighted by Gasteiger charge is -2.26. The minimum Gasteiger partial charge on any atom is -0.322 e. The molecule has 3 aromatic rings. The van der Waals surface area contributed by atoms with E-state index in [1.165, 1.54) is 36.6 Å². The van der Waals surface area contributed by atoms with E-state index in [1.54, 1.807) is 4.68 Å². The summed E-state index contributed by atoms with van der Waals surface area (Å²) in [7, 11) is 1.88. The number of anilines is 1. The van der Waals surface area contributed by atoms with Gasteiger partial charge in [0.2, 0.25) is 5.91 Å². The molecule has 1 aromatic carbocycles. The zero-order valence-electron chi connectivity index (χ0n) is 19.0. The van der Waals surface area contributed by atoms with Gasteiger partial charge in [0.25, 0.3) is 0 Å². The van der Waals surface area contributed by atoms with E-state index in [-0.39, 0.29) is 11.7 Å². The lowest BCUT2D eigenvalue weighted by Crippen LogP contribution is -2.30. The van der Waals surface area contributed by atoms with E-state index in [1.807, 2.05) is 39.1 Å². The number of amides is 1. The van der Waals surface area contributed by atoms with Crippen LogP contribution in [0.25, 0.3) is 0 Å². The van der Waals surface area contributed by atoms with Gasteiger partial charge < -0.3 is 9.88 Å². The number of thioether (sulfide) groups is 1. The third kappa shape index (κ3) is 5.39. The van der Waals surface area contributed by atoms with Gasteiger partial charge in [0.15, 0.2) is 5.16 Å². The van der Waals surface area contributed by atoms with Gasteiger partial charge in [-0.1, -0.05) is 48.5 Å². The second kappa shape index (κ2) is 10.3. The SMILES string of the molecule is Cc1nn(C)c(C)c1NC(=O)CSc1nnc(CN2CCCCC2)n1Cc1ccccc1. The Bertz CT molecular complexity index is 1050. The summed E-state index contributed by atoms with van der Waals surface area (Å²) in [5, 5.41) is 17.1. The highest BCUT2D eigenvalue weighted by Gasteiger charge is 2.19. The smallest absolute Gasteiger partial charge is 0.234 e. The van der Waals surface area contributed by atoms with E-state index in [2.05, 4.69) is 42.2 Å². The zero-order valence-corrected chi connectivity index (χ0v) is 19.9. The number of carbonyl (C=O) groups excluding carboxylic acids is 1. The molecule has 0 unspecified atom stereocenters. The van der Waals surface area contributed by atoms with Gasteiger partial charge in [-0.2, -0.15) is 5.10 Å². The number of carbonyl (C=O) groups is 1. The topological polar surface area (TPSA) is 80.9 Å². The first-order chi connectivity index (χ1) is 15.5. The third-order valence-corrected chi connectivity index (χ3v) is 6.86. The fourth-order valence-electron chi connectivity index (χ4n) is 4.05. The number of hydrogen-bond acceptors (Lipinski definition) is 6. The van der Waals surface area contributed by atoms with Crippen LogP contribution < -0.4 is 5.32 Å². The van der Waals surface area contributed by atoms with Crippen molar-refractivity contribution in [3.05, 3.63) is 53.1 Å². The van der Waals surface area contributed by atoms with Gasteiger partial charge in [-0.25, -0.2) is 0 Å². The maximum atomic E-state index is 12.7. The standard InChI is InChI=1S/C23H31N7OS/c1-17-22(18(2)28(3)27-17)24-21(31)16-32-23-26-25-20(15-29-12-8-5-9-13-29)30(23)14-19-10-6-4-7-11-19/h4,6-7,10-11H,5,8-9,12-16H2,1-3H3,(H,24,31). The van der Waals surface area contributed by atoms with Crippen molar-refractivity contribution in [1.29, 1.82) is 0 Å². The highest BCUT2D eigenvalue weighted by molar-refractivity contribution is 7.99. The maximum absolute atomic E-state index is 12.7. The Kier molecular flexibility index (Phi) is 7.26.